The van der Waals surface area contributed by atoms with Gasteiger partial charge in [-0.05, 0) is 37.5 Å². The highest BCUT2D eigenvalue weighted by molar-refractivity contribution is 7.98. The molecule has 9 heteroatoms. The lowest BCUT2D eigenvalue weighted by molar-refractivity contribution is -0.125. The molecule has 0 radical (unpaired) electrons. The van der Waals surface area contributed by atoms with Gasteiger partial charge in [0.1, 0.15) is 0 Å². The highest BCUT2D eigenvalue weighted by Crippen LogP contribution is 2.28. The standard InChI is InChI=1S/C17H24Cl2N2O3S2/c1-2-26(23,24)21-9-4-5-13(11-21)17(22)20-8-10-25-12-14-15(18)6-3-7-16(14)19/h3,6-7,13H,2,4-5,8-12H2,1H3,(H,20,22)/t13-/m0/s1. The molecular formula is C17H24Cl2N2O3S2. The third kappa shape index (κ3) is 6.02. The molecule has 0 aliphatic carbocycles. The largest absolute Gasteiger partial charge is 0.355 e. The van der Waals surface area contributed by atoms with E-state index in [2.05, 4.69) is 5.32 Å². The number of carbonyl (C=O) groups is 1. The molecule has 1 aliphatic rings. The fourth-order valence-electron chi connectivity index (χ4n) is 2.83. The molecule has 0 bridgehead atoms. The molecule has 1 heterocycles. The molecule has 1 fully saturated rings. The van der Waals surface area contributed by atoms with Crippen LogP contribution >= 0.6 is 35.0 Å². The smallest absolute Gasteiger partial charge is 0.224 e. The Balaban J connectivity index is 1.73. The van der Waals surface area contributed by atoms with Crippen molar-refractivity contribution in [3.05, 3.63) is 33.8 Å². The number of rotatable bonds is 8. The lowest BCUT2D eigenvalue weighted by atomic mass is 9.99. The van der Waals surface area contributed by atoms with Crippen molar-refractivity contribution in [2.45, 2.75) is 25.5 Å². The second kappa shape index (κ2) is 10.2. The minimum atomic E-state index is -3.23. The highest BCUT2D eigenvalue weighted by atomic mass is 35.5. The van der Waals surface area contributed by atoms with Gasteiger partial charge in [-0.1, -0.05) is 29.3 Å². The summed E-state index contributed by atoms with van der Waals surface area (Å²) in [6.07, 6.45) is 1.45. The van der Waals surface area contributed by atoms with E-state index in [1.165, 1.54) is 4.31 Å². The maximum atomic E-state index is 12.3. The van der Waals surface area contributed by atoms with Gasteiger partial charge in [-0.3, -0.25) is 4.79 Å². The van der Waals surface area contributed by atoms with Gasteiger partial charge in [-0.15, -0.1) is 0 Å². The zero-order valence-corrected chi connectivity index (χ0v) is 17.9. The number of nitrogens with one attached hydrogen (secondary N) is 1. The number of halogens is 2. The van der Waals surface area contributed by atoms with E-state index >= 15 is 0 Å². The summed E-state index contributed by atoms with van der Waals surface area (Å²) in [6, 6.07) is 5.43. The summed E-state index contributed by atoms with van der Waals surface area (Å²) >= 11 is 13.9. The number of sulfonamides is 1. The molecule has 0 saturated carbocycles. The highest BCUT2D eigenvalue weighted by Gasteiger charge is 2.31. The molecule has 1 aromatic rings. The lowest BCUT2D eigenvalue weighted by Crippen LogP contribution is -2.46. The average molecular weight is 439 g/mol. The van der Waals surface area contributed by atoms with Gasteiger partial charge >= 0.3 is 0 Å². The van der Waals surface area contributed by atoms with E-state index in [1.807, 2.05) is 18.2 Å². The number of thioether (sulfide) groups is 1. The number of hydrogen-bond acceptors (Lipinski definition) is 4. The third-order valence-corrected chi connectivity index (χ3v) is 7.91. The lowest BCUT2D eigenvalue weighted by Gasteiger charge is -2.30. The minimum Gasteiger partial charge on any atom is -0.355 e. The van der Waals surface area contributed by atoms with Crippen molar-refractivity contribution < 1.29 is 13.2 Å². The van der Waals surface area contributed by atoms with Crippen LogP contribution in [-0.2, 0) is 20.6 Å². The maximum Gasteiger partial charge on any atom is 0.224 e. The normalized spacial score (nSPS) is 18.7. The molecule has 1 aliphatic heterocycles. The van der Waals surface area contributed by atoms with Crippen molar-refractivity contribution in [1.29, 1.82) is 0 Å². The second-order valence-electron chi connectivity index (χ2n) is 6.14. The fraction of sp³-hybridized carbons (Fsp3) is 0.588. The van der Waals surface area contributed by atoms with Crippen LogP contribution in [-0.4, -0.2) is 49.8 Å². The van der Waals surface area contributed by atoms with Crippen molar-refractivity contribution in [3.63, 3.8) is 0 Å². The van der Waals surface area contributed by atoms with E-state index in [9.17, 15) is 13.2 Å². The van der Waals surface area contributed by atoms with Crippen LogP contribution in [0.4, 0.5) is 0 Å². The van der Waals surface area contributed by atoms with Crippen molar-refractivity contribution in [2.24, 2.45) is 5.92 Å². The van der Waals surface area contributed by atoms with Crippen LogP contribution < -0.4 is 5.32 Å². The zero-order chi connectivity index (χ0) is 19.2. The Hall–Kier alpha value is -0.470. The summed E-state index contributed by atoms with van der Waals surface area (Å²) in [6.45, 7) is 2.95. The Bertz CT molecular complexity index is 708. The van der Waals surface area contributed by atoms with Crippen LogP contribution in [0.2, 0.25) is 10.0 Å². The predicted octanol–water partition coefficient (Wildman–Crippen LogP) is 3.40. The number of hydrogen-bond donors (Lipinski definition) is 1. The number of nitrogens with zero attached hydrogens (tertiary/aromatic N) is 1. The van der Waals surface area contributed by atoms with E-state index in [0.29, 0.717) is 28.9 Å². The Morgan fingerprint density at radius 3 is 2.69 bits per heavy atom. The first kappa shape index (κ1) is 21.8. The summed E-state index contributed by atoms with van der Waals surface area (Å²) < 4.78 is 25.4. The molecule has 26 heavy (non-hydrogen) atoms. The van der Waals surface area contributed by atoms with Gasteiger partial charge in [0, 0.05) is 41.2 Å². The van der Waals surface area contributed by atoms with E-state index < -0.39 is 10.0 Å². The molecule has 5 nitrogen and oxygen atoms in total. The molecule has 1 aromatic carbocycles. The Morgan fingerprint density at radius 1 is 1.35 bits per heavy atom. The molecule has 1 amide bonds. The van der Waals surface area contributed by atoms with Crippen molar-refractivity contribution in [2.75, 3.05) is 31.1 Å². The second-order valence-corrected chi connectivity index (χ2v) is 10.3. The first-order valence-corrected chi connectivity index (χ1v) is 12.1. The topological polar surface area (TPSA) is 66.5 Å². The molecule has 146 valence electrons. The number of benzene rings is 1. The summed E-state index contributed by atoms with van der Waals surface area (Å²) in [5.74, 6) is 1.14. The SMILES string of the molecule is CCS(=O)(=O)N1CCC[C@H](C(=O)NCCSCc2c(Cl)cccc2Cl)C1. The molecule has 1 atom stereocenters. The van der Waals surface area contributed by atoms with Crippen LogP contribution in [0.1, 0.15) is 25.3 Å². The monoisotopic (exact) mass is 438 g/mol. The Morgan fingerprint density at radius 2 is 2.04 bits per heavy atom. The van der Waals surface area contributed by atoms with Gasteiger partial charge in [0.15, 0.2) is 0 Å². The van der Waals surface area contributed by atoms with Crippen molar-refractivity contribution in [3.8, 4) is 0 Å². The van der Waals surface area contributed by atoms with Gasteiger partial charge in [0.05, 0.1) is 11.7 Å². The Kier molecular flexibility index (Phi) is 8.54. The van der Waals surface area contributed by atoms with Crippen LogP contribution in [0.25, 0.3) is 0 Å². The van der Waals surface area contributed by atoms with Gasteiger partial charge in [0.2, 0.25) is 15.9 Å². The summed E-state index contributed by atoms with van der Waals surface area (Å²) in [5, 5.41) is 4.20. The maximum absolute atomic E-state index is 12.3. The number of piperidine rings is 1. The first-order valence-electron chi connectivity index (χ1n) is 8.61. The molecule has 0 aromatic heterocycles. The van der Waals surface area contributed by atoms with E-state index in [0.717, 1.165) is 24.2 Å². The van der Waals surface area contributed by atoms with Gasteiger partial charge in [-0.25, -0.2) is 12.7 Å². The van der Waals surface area contributed by atoms with Gasteiger partial charge in [0.25, 0.3) is 0 Å². The molecule has 2 rings (SSSR count). The van der Waals surface area contributed by atoms with Crippen LogP contribution in [0, 0.1) is 5.92 Å². The predicted molar refractivity (Wildman–Crippen MR) is 109 cm³/mol. The van der Waals surface area contributed by atoms with Crippen molar-refractivity contribution in [1.82, 2.24) is 9.62 Å². The van der Waals surface area contributed by atoms with E-state index in [4.69, 9.17) is 23.2 Å². The molecule has 1 N–H and O–H groups in total. The van der Waals surface area contributed by atoms with Crippen molar-refractivity contribution >= 4 is 50.9 Å². The van der Waals surface area contributed by atoms with Crippen LogP contribution in [0.3, 0.4) is 0 Å². The number of carbonyl (C=O) groups excluding carboxylic acids is 1. The quantitative estimate of drug-likeness (QED) is 0.631. The van der Waals surface area contributed by atoms with E-state index in [1.54, 1.807) is 18.7 Å². The average Bonchev–Trinajstić information content (AvgIpc) is 2.63. The molecule has 1 saturated heterocycles. The molecule has 0 spiro atoms. The summed E-state index contributed by atoms with van der Waals surface area (Å²) in [5.41, 5.74) is 0.903. The minimum absolute atomic E-state index is 0.0719. The third-order valence-electron chi connectivity index (χ3n) is 4.37. The van der Waals surface area contributed by atoms with Crippen LogP contribution in [0.5, 0.6) is 0 Å². The number of amides is 1. The molecule has 0 unspecified atom stereocenters. The fourth-order valence-corrected chi connectivity index (χ4v) is 5.60. The van der Waals surface area contributed by atoms with E-state index in [-0.39, 0.29) is 24.1 Å². The first-order chi connectivity index (χ1) is 12.3. The zero-order valence-electron chi connectivity index (χ0n) is 14.7. The van der Waals surface area contributed by atoms with Crippen LogP contribution in [0.15, 0.2) is 18.2 Å². The summed E-state index contributed by atoms with van der Waals surface area (Å²) in [4.78, 5) is 12.3. The summed E-state index contributed by atoms with van der Waals surface area (Å²) in [7, 11) is -3.23. The Labute approximate surface area is 169 Å². The van der Waals surface area contributed by atoms with Gasteiger partial charge < -0.3 is 5.32 Å². The molecular weight excluding hydrogens is 415 g/mol. The van der Waals surface area contributed by atoms with Gasteiger partial charge in [-0.2, -0.15) is 11.8 Å².